The Balaban J connectivity index is 2.00. The van der Waals surface area contributed by atoms with Gasteiger partial charge in [-0.3, -0.25) is 0 Å². The fourth-order valence-electron chi connectivity index (χ4n) is 2.16. The van der Waals surface area contributed by atoms with Crippen LogP contribution in [0.2, 0.25) is 0 Å². The Morgan fingerprint density at radius 2 is 1.81 bits per heavy atom. The van der Waals surface area contributed by atoms with Crippen LogP contribution in [-0.2, 0) is 6.42 Å². The van der Waals surface area contributed by atoms with Crippen molar-refractivity contribution in [2.75, 3.05) is 20.1 Å². The minimum absolute atomic E-state index is 0.550. The number of nitrogens with zero attached hydrogens (tertiary/aromatic N) is 1. The molecule has 3 heteroatoms. The lowest BCUT2D eigenvalue weighted by Gasteiger charge is -2.34. The van der Waals surface area contributed by atoms with E-state index < -0.39 is 5.67 Å². The zero-order valence-electron chi connectivity index (χ0n) is 9.55. The largest absolute Gasteiger partial charge is 0.306 e. The van der Waals surface area contributed by atoms with E-state index in [1.54, 1.807) is 0 Å². The van der Waals surface area contributed by atoms with Crippen LogP contribution in [0.1, 0.15) is 18.4 Å². The van der Waals surface area contributed by atoms with Gasteiger partial charge in [-0.15, -0.1) is 0 Å². The molecular formula is C13H17BrFN. The highest BCUT2D eigenvalue weighted by Gasteiger charge is 2.33. The summed E-state index contributed by atoms with van der Waals surface area (Å²) in [4.78, 5) is 2.19. The second-order valence-electron chi connectivity index (χ2n) is 4.76. The lowest BCUT2D eigenvalue weighted by Crippen LogP contribution is -2.41. The Bertz CT molecular complexity index is 341. The molecule has 0 aliphatic carbocycles. The fraction of sp³-hybridized carbons (Fsp3) is 0.538. The van der Waals surface area contributed by atoms with Crippen molar-refractivity contribution in [1.29, 1.82) is 0 Å². The molecule has 1 saturated heterocycles. The Kier molecular flexibility index (Phi) is 3.65. The molecule has 0 saturated carbocycles. The summed E-state index contributed by atoms with van der Waals surface area (Å²) in [5.41, 5.74) is 0.0932. The van der Waals surface area contributed by atoms with E-state index in [1.807, 2.05) is 24.3 Å². The fourth-order valence-corrected chi connectivity index (χ4v) is 2.43. The smallest absolute Gasteiger partial charge is 0.117 e. The highest BCUT2D eigenvalue weighted by Crippen LogP contribution is 2.30. The van der Waals surface area contributed by atoms with Crippen LogP contribution >= 0.6 is 15.9 Å². The molecule has 0 radical (unpaired) electrons. The molecule has 0 spiro atoms. The van der Waals surface area contributed by atoms with Crippen molar-refractivity contribution in [3.8, 4) is 0 Å². The van der Waals surface area contributed by atoms with Gasteiger partial charge in [0.05, 0.1) is 0 Å². The number of hydrogen-bond acceptors (Lipinski definition) is 1. The molecule has 0 aromatic heterocycles. The Hall–Kier alpha value is -0.410. The standard InChI is InChI=1S/C13H17BrFN/c1-16-8-6-13(15,7-9-16)10-11-2-4-12(14)5-3-11/h2-5H,6-10H2,1H3. The lowest BCUT2D eigenvalue weighted by atomic mass is 9.87. The molecular weight excluding hydrogens is 269 g/mol. The van der Waals surface area contributed by atoms with Crippen molar-refractivity contribution in [2.45, 2.75) is 24.9 Å². The van der Waals surface area contributed by atoms with Crippen LogP contribution in [0.3, 0.4) is 0 Å². The Labute approximate surface area is 105 Å². The average molecular weight is 286 g/mol. The number of hydrogen-bond donors (Lipinski definition) is 0. The molecule has 0 amide bonds. The molecule has 0 atom stereocenters. The summed E-state index contributed by atoms with van der Waals surface area (Å²) in [6, 6.07) is 7.97. The molecule has 0 N–H and O–H groups in total. The molecule has 1 aliphatic heterocycles. The van der Waals surface area contributed by atoms with Gasteiger partial charge in [0, 0.05) is 24.0 Å². The van der Waals surface area contributed by atoms with E-state index in [9.17, 15) is 4.39 Å². The van der Waals surface area contributed by atoms with E-state index in [0.717, 1.165) is 23.1 Å². The molecule has 1 nitrogen and oxygen atoms in total. The van der Waals surface area contributed by atoms with Crippen molar-refractivity contribution in [3.05, 3.63) is 34.3 Å². The third kappa shape index (κ3) is 3.05. The van der Waals surface area contributed by atoms with Gasteiger partial charge in [-0.1, -0.05) is 28.1 Å². The maximum absolute atomic E-state index is 14.5. The summed E-state index contributed by atoms with van der Waals surface area (Å²) < 4.78 is 15.5. The number of alkyl halides is 1. The number of halogens is 2. The first kappa shape index (κ1) is 12.1. The molecule has 0 unspecified atom stereocenters. The second-order valence-corrected chi connectivity index (χ2v) is 5.67. The SMILES string of the molecule is CN1CCC(F)(Cc2ccc(Br)cc2)CC1. The Morgan fingerprint density at radius 3 is 2.38 bits per heavy atom. The van der Waals surface area contributed by atoms with E-state index in [2.05, 4.69) is 27.9 Å². The maximum Gasteiger partial charge on any atom is 0.117 e. The first-order chi connectivity index (χ1) is 7.57. The predicted molar refractivity (Wildman–Crippen MR) is 68.4 cm³/mol. The summed E-state index contributed by atoms with van der Waals surface area (Å²) in [7, 11) is 2.05. The van der Waals surface area contributed by atoms with E-state index in [4.69, 9.17) is 0 Å². The van der Waals surface area contributed by atoms with Gasteiger partial charge in [-0.2, -0.15) is 0 Å². The van der Waals surface area contributed by atoms with Crippen molar-refractivity contribution in [3.63, 3.8) is 0 Å². The Morgan fingerprint density at radius 1 is 1.25 bits per heavy atom. The summed E-state index contributed by atoms with van der Waals surface area (Å²) >= 11 is 3.39. The van der Waals surface area contributed by atoms with Gasteiger partial charge in [0.15, 0.2) is 0 Å². The molecule has 1 aromatic rings. The van der Waals surface area contributed by atoms with Crippen LogP contribution in [0, 0.1) is 0 Å². The molecule has 1 aromatic carbocycles. The van der Waals surface area contributed by atoms with Crippen LogP contribution in [0.4, 0.5) is 4.39 Å². The third-order valence-electron chi connectivity index (χ3n) is 3.32. The number of likely N-dealkylation sites (tertiary alicyclic amines) is 1. The van der Waals surface area contributed by atoms with Crippen molar-refractivity contribution in [1.82, 2.24) is 4.90 Å². The highest BCUT2D eigenvalue weighted by atomic mass is 79.9. The first-order valence-corrected chi connectivity index (χ1v) is 6.49. The molecule has 2 rings (SSSR count). The molecule has 88 valence electrons. The van der Waals surface area contributed by atoms with Gasteiger partial charge in [0.2, 0.25) is 0 Å². The summed E-state index contributed by atoms with van der Waals surface area (Å²) in [6.07, 6.45) is 1.85. The number of benzene rings is 1. The normalized spacial score (nSPS) is 20.9. The van der Waals surface area contributed by atoms with Gasteiger partial charge >= 0.3 is 0 Å². The molecule has 0 bridgehead atoms. The van der Waals surface area contributed by atoms with Crippen LogP contribution in [-0.4, -0.2) is 30.7 Å². The van der Waals surface area contributed by atoms with Crippen molar-refractivity contribution >= 4 is 15.9 Å². The number of rotatable bonds is 2. The molecule has 16 heavy (non-hydrogen) atoms. The quantitative estimate of drug-likeness (QED) is 0.805. The van der Waals surface area contributed by atoms with Gasteiger partial charge < -0.3 is 4.90 Å². The van der Waals surface area contributed by atoms with Crippen LogP contribution < -0.4 is 0 Å². The van der Waals surface area contributed by atoms with Crippen LogP contribution in [0.5, 0.6) is 0 Å². The third-order valence-corrected chi connectivity index (χ3v) is 3.85. The zero-order valence-corrected chi connectivity index (χ0v) is 11.1. The molecule has 1 fully saturated rings. The summed E-state index contributed by atoms with van der Waals surface area (Å²) in [6.45, 7) is 1.74. The lowest BCUT2D eigenvalue weighted by molar-refractivity contribution is 0.0698. The van der Waals surface area contributed by atoms with E-state index >= 15 is 0 Å². The first-order valence-electron chi connectivity index (χ1n) is 5.69. The van der Waals surface area contributed by atoms with E-state index in [0.29, 0.717) is 19.3 Å². The monoisotopic (exact) mass is 285 g/mol. The minimum Gasteiger partial charge on any atom is -0.306 e. The zero-order chi connectivity index (χ0) is 11.6. The van der Waals surface area contributed by atoms with Gasteiger partial charge in [-0.25, -0.2) is 4.39 Å². The predicted octanol–water partition coefficient (Wildman–Crippen LogP) is 3.43. The minimum atomic E-state index is -1.000. The summed E-state index contributed by atoms with van der Waals surface area (Å²) in [5, 5.41) is 0. The van der Waals surface area contributed by atoms with Gasteiger partial charge in [-0.05, 0) is 37.6 Å². The highest BCUT2D eigenvalue weighted by molar-refractivity contribution is 9.10. The van der Waals surface area contributed by atoms with E-state index in [-0.39, 0.29) is 0 Å². The van der Waals surface area contributed by atoms with Crippen LogP contribution in [0.25, 0.3) is 0 Å². The topological polar surface area (TPSA) is 3.24 Å². The van der Waals surface area contributed by atoms with Gasteiger partial charge in [0.1, 0.15) is 5.67 Å². The van der Waals surface area contributed by atoms with Crippen molar-refractivity contribution in [2.24, 2.45) is 0 Å². The molecule has 1 heterocycles. The van der Waals surface area contributed by atoms with Gasteiger partial charge in [0.25, 0.3) is 0 Å². The van der Waals surface area contributed by atoms with Crippen LogP contribution in [0.15, 0.2) is 28.7 Å². The maximum atomic E-state index is 14.5. The average Bonchev–Trinajstić information content (AvgIpc) is 2.27. The molecule has 1 aliphatic rings. The summed E-state index contributed by atoms with van der Waals surface area (Å²) in [5.74, 6) is 0. The van der Waals surface area contributed by atoms with Crippen molar-refractivity contribution < 1.29 is 4.39 Å². The number of piperidine rings is 1. The second kappa shape index (κ2) is 4.84. The van der Waals surface area contributed by atoms with E-state index in [1.165, 1.54) is 0 Å².